The third-order valence-electron chi connectivity index (χ3n) is 4.87. The van der Waals surface area contributed by atoms with Gasteiger partial charge < -0.3 is 4.52 Å². The molecule has 0 radical (unpaired) electrons. The van der Waals surface area contributed by atoms with Crippen molar-refractivity contribution in [3.05, 3.63) is 46.3 Å². The topological polar surface area (TPSA) is 73.8 Å². The molecule has 6 nitrogen and oxygen atoms in total. The van der Waals surface area contributed by atoms with Gasteiger partial charge >= 0.3 is 0 Å². The summed E-state index contributed by atoms with van der Waals surface area (Å²) >= 11 is 1.50. The molecule has 7 heteroatoms. The molecule has 26 heavy (non-hydrogen) atoms. The zero-order chi connectivity index (χ0) is 17.9. The highest BCUT2D eigenvalue weighted by Gasteiger charge is 2.22. The van der Waals surface area contributed by atoms with Gasteiger partial charge in [-0.15, -0.1) is 0 Å². The van der Waals surface area contributed by atoms with Crippen molar-refractivity contribution in [1.82, 2.24) is 19.7 Å². The van der Waals surface area contributed by atoms with E-state index in [2.05, 4.69) is 10.1 Å². The van der Waals surface area contributed by atoms with E-state index in [1.807, 2.05) is 35.8 Å². The number of hydrogen-bond donors (Lipinski definition) is 0. The minimum absolute atomic E-state index is 0.0600. The summed E-state index contributed by atoms with van der Waals surface area (Å²) in [7, 11) is 0. The van der Waals surface area contributed by atoms with Gasteiger partial charge in [0.15, 0.2) is 11.0 Å². The molecule has 0 saturated heterocycles. The number of para-hydroxylation sites is 1. The second-order valence-electron chi connectivity index (χ2n) is 6.63. The smallest absolute Gasteiger partial charge is 0.262 e. The molecule has 2 heterocycles. The van der Waals surface area contributed by atoms with Crippen molar-refractivity contribution in [3.63, 3.8) is 0 Å². The first kappa shape index (κ1) is 17.3. The summed E-state index contributed by atoms with van der Waals surface area (Å²) in [5, 5.41) is 5.37. The largest absolute Gasteiger partial charge is 0.338 e. The van der Waals surface area contributed by atoms with Crippen LogP contribution in [0.1, 0.15) is 56.8 Å². The van der Waals surface area contributed by atoms with E-state index in [1.54, 1.807) is 0 Å². The van der Waals surface area contributed by atoms with Crippen molar-refractivity contribution in [3.8, 4) is 0 Å². The molecule has 4 rings (SSSR count). The molecule has 136 valence electrons. The zero-order valence-corrected chi connectivity index (χ0v) is 15.7. The Labute approximate surface area is 156 Å². The lowest BCUT2D eigenvalue weighted by Crippen LogP contribution is -2.29. The van der Waals surface area contributed by atoms with Crippen LogP contribution in [0.2, 0.25) is 0 Å². The van der Waals surface area contributed by atoms with Gasteiger partial charge in [0, 0.05) is 12.5 Å². The van der Waals surface area contributed by atoms with Crippen LogP contribution in [0.3, 0.4) is 0 Å². The number of aryl methyl sites for hydroxylation is 1. The van der Waals surface area contributed by atoms with Crippen molar-refractivity contribution in [2.24, 2.45) is 0 Å². The summed E-state index contributed by atoms with van der Waals surface area (Å²) in [6.07, 6.45) is 6.39. The molecule has 1 fully saturated rings. The van der Waals surface area contributed by atoms with E-state index in [0.29, 0.717) is 22.9 Å². The monoisotopic (exact) mass is 370 g/mol. The number of thioether (sulfide) groups is 1. The predicted molar refractivity (Wildman–Crippen MR) is 101 cm³/mol. The van der Waals surface area contributed by atoms with E-state index in [-0.39, 0.29) is 11.6 Å². The van der Waals surface area contributed by atoms with E-state index in [0.717, 1.165) is 42.8 Å². The van der Waals surface area contributed by atoms with Crippen molar-refractivity contribution in [1.29, 1.82) is 0 Å². The van der Waals surface area contributed by atoms with Crippen LogP contribution in [-0.4, -0.2) is 19.7 Å². The fourth-order valence-electron chi connectivity index (χ4n) is 3.51. The summed E-state index contributed by atoms with van der Waals surface area (Å²) in [4.78, 5) is 22.3. The van der Waals surface area contributed by atoms with Crippen molar-refractivity contribution < 1.29 is 4.52 Å². The van der Waals surface area contributed by atoms with Gasteiger partial charge in [0.1, 0.15) is 0 Å². The molecule has 3 aromatic rings. The Kier molecular flexibility index (Phi) is 5.06. The minimum atomic E-state index is 0.0600. The maximum atomic E-state index is 13.2. The lowest BCUT2D eigenvalue weighted by Gasteiger charge is -2.26. The molecular formula is C19H22N4O2S. The van der Waals surface area contributed by atoms with E-state index in [4.69, 9.17) is 9.51 Å². The number of fused-ring (bicyclic) bond motifs is 1. The van der Waals surface area contributed by atoms with Crippen molar-refractivity contribution in [2.45, 2.75) is 62.4 Å². The molecule has 0 amide bonds. The fraction of sp³-hybridized carbons (Fsp3) is 0.474. The Morgan fingerprint density at radius 3 is 2.77 bits per heavy atom. The van der Waals surface area contributed by atoms with Crippen LogP contribution in [0, 0.1) is 0 Å². The van der Waals surface area contributed by atoms with Crippen LogP contribution < -0.4 is 5.56 Å². The summed E-state index contributed by atoms with van der Waals surface area (Å²) in [6.45, 7) is 1.99. The summed E-state index contributed by atoms with van der Waals surface area (Å²) in [5.41, 5.74) is 0.802. The zero-order valence-electron chi connectivity index (χ0n) is 14.9. The van der Waals surface area contributed by atoms with Gasteiger partial charge in [0.2, 0.25) is 5.89 Å². The predicted octanol–water partition coefficient (Wildman–Crippen LogP) is 4.14. The highest BCUT2D eigenvalue weighted by molar-refractivity contribution is 7.98. The minimum Gasteiger partial charge on any atom is -0.338 e. The van der Waals surface area contributed by atoms with Gasteiger partial charge in [0.05, 0.1) is 16.7 Å². The van der Waals surface area contributed by atoms with E-state index < -0.39 is 0 Å². The number of hydrogen-bond acceptors (Lipinski definition) is 6. The van der Waals surface area contributed by atoms with Crippen LogP contribution in [0.4, 0.5) is 0 Å². The third kappa shape index (κ3) is 3.40. The summed E-state index contributed by atoms with van der Waals surface area (Å²) in [5.74, 6) is 1.80. The molecule has 0 atom stereocenters. The Morgan fingerprint density at radius 1 is 1.19 bits per heavy atom. The molecule has 0 unspecified atom stereocenters. The number of nitrogens with zero attached hydrogens (tertiary/aromatic N) is 4. The summed E-state index contributed by atoms with van der Waals surface area (Å²) in [6, 6.07) is 7.80. The van der Waals surface area contributed by atoms with Gasteiger partial charge in [-0.25, -0.2) is 4.98 Å². The van der Waals surface area contributed by atoms with Gasteiger partial charge in [-0.1, -0.05) is 55.2 Å². The molecule has 0 bridgehead atoms. The molecular weight excluding hydrogens is 348 g/mol. The first-order valence-corrected chi connectivity index (χ1v) is 10.2. The van der Waals surface area contributed by atoms with Crippen LogP contribution in [0.15, 0.2) is 38.7 Å². The fourth-order valence-corrected chi connectivity index (χ4v) is 4.41. The first-order valence-electron chi connectivity index (χ1n) is 9.22. The van der Waals surface area contributed by atoms with Crippen molar-refractivity contribution >= 4 is 22.7 Å². The van der Waals surface area contributed by atoms with Crippen LogP contribution in [0.5, 0.6) is 0 Å². The Balaban J connectivity index is 1.71. The molecule has 1 aromatic carbocycles. The highest BCUT2D eigenvalue weighted by Crippen LogP contribution is 2.31. The van der Waals surface area contributed by atoms with Crippen molar-refractivity contribution in [2.75, 3.05) is 0 Å². The Morgan fingerprint density at radius 2 is 2.00 bits per heavy atom. The molecule has 1 aliphatic carbocycles. The summed E-state index contributed by atoms with van der Waals surface area (Å²) < 4.78 is 7.19. The normalized spacial score (nSPS) is 15.6. The molecule has 0 aliphatic heterocycles. The third-order valence-corrected chi connectivity index (χ3v) is 5.80. The molecule has 2 aromatic heterocycles. The maximum absolute atomic E-state index is 13.2. The standard InChI is InChI=1S/C19H22N4O2S/c1-2-16-21-17(25-22-16)12-26-19-20-15-11-7-6-10-14(15)18(24)23(19)13-8-4-3-5-9-13/h6-7,10-11,13H,2-5,8-9,12H2,1H3. The van der Waals surface area contributed by atoms with Gasteiger partial charge in [-0.05, 0) is 25.0 Å². The average molecular weight is 370 g/mol. The highest BCUT2D eigenvalue weighted by atomic mass is 32.2. The maximum Gasteiger partial charge on any atom is 0.262 e. The molecule has 0 spiro atoms. The first-order chi connectivity index (χ1) is 12.8. The van der Waals surface area contributed by atoms with Gasteiger partial charge in [-0.2, -0.15) is 4.98 Å². The second-order valence-corrected chi connectivity index (χ2v) is 7.57. The lowest BCUT2D eigenvalue weighted by molar-refractivity contribution is 0.326. The molecule has 1 aliphatic rings. The van der Waals surface area contributed by atoms with Crippen LogP contribution in [-0.2, 0) is 12.2 Å². The second kappa shape index (κ2) is 7.61. The van der Waals surface area contributed by atoms with E-state index in [9.17, 15) is 4.79 Å². The average Bonchev–Trinajstić information content (AvgIpc) is 3.15. The quantitative estimate of drug-likeness (QED) is 0.496. The van der Waals surface area contributed by atoms with Crippen LogP contribution in [0.25, 0.3) is 10.9 Å². The Hall–Kier alpha value is -2.15. The number of rotatable bonds is 5. The van der Waals surface area contributed by atoms with E-state index >= 15 is 0 Å². The number of aromatic nitrogens is 4. The lowest BCUT2D eigenvalue weighted by atomic mass is 9.95. The molecule has 0 N–H and O–H groups in total. The molecule has 1 saturated carbocycles. The van der Waals surface area contributed by atoms with Gasteiger partial charge in [-0.3, -0.25) is 9.36 Å². The number of benzene rings is 1. The van der Waals surface area contributed by atoms with E-state index in [1.165, 1.54) is 18.2 Å². The SMILES string of the molecule is CCc1noc(CSc2nc3ccccc3c(=O)n2C2CCCCC2)n1. The van der Waals surface area contributed by atoms with Gasteiger partial charge in [0.25, 0.3) is 5.56 Å². The van der Waals surface area contributed by atoms with Crippen LogP contribution >= 0.6 is 11.8 Å². The Bertz CT molecular complexity index is 960.